The predicted molar refractivity (Wildman–Crippen MR) is 79.3 cm³/mol. The zero-order valence-electron chi connectivity index (χ0n) is 11.5. The van der Waals surface area contributed by atoms with Crippen LogP contribution >= 0.6 is 23.2 Å². The molecule has 0 heterocycles. The molecule has 0 aromatic heterocycles. The van der Waals surface area contributed by atoms with Crippen molar-refractivity contribution in [3.8, 4) is 5.75 Å². The van der Waals surface area contributed by atoms with Gasteiger partial charge in [0.05, 0.1) is 11.0 Å². The molecular formula is C15H19Cl2O3-. The van der Waals surface area contributed by atoms with Gasteiger partial charge in [0.15, 0.2) is 0 Å². The van der Waals surface area contributed by atoms with E-state index < -0.39 is 12.1 Å². The number of carbonyl (C=O) groups excluding carboxylic acids is 1. The molecule has 1 atom stereocenters. The summed E-state index contributed by atoms with van der Waals surface area (Å²) in [7, 11) is 0. The Morgan fingerprint density at radius 1 is 1.25 bits per heavy atom. The van der Waals surface area contributed by atoms with E-state index in [0.29, 0.717) is 22.2 Å². The lowest BCUT2D eigenvalue weighted by Crippen LogP contribution is -2.39. The van der Waals surface area contributed by atoms with Gasteiger partial charge in [0.2, 0.25) is 0 Å². The van der Waals surface area contributed by atoms with Crippen molar-refractivity contribution in [2.24, 2.45) is 0 Å². The summed E-state index contributed by atoms with van der Waals surface area (Å²) in [5, 5.41) is 11.9. The second-order valence-electron chi connectivity index (χ2n) is 4.70. The lowest BCUT2D eigenvalue weighted by molar-refractivity contribution is -0.313. The van der Waals surface area contributed by atoms with Crippen LogP contribution in [0.15, 0.2) is 18.2 Å². The van der Waals surface area contributed by atoms with Crippen LogP contribution in [0.5, 0.6) is 5.75 Å². The van der Waals surface area contributed by atoms with Crippen LogP contribution in [0, 0.1) is 0 Å². The van der Waals surface area contributed by atoms with Crippen LogP contribution in [0.4, 0.5) is 0 Å². The van der Waals surface area contributed by atoms with E-state index in [1.807, 2.05) is 0 Å². The van der Waals surface area contributed by atoms with Crippen LogP contribution in [0.1, 0.15) is 45.4 Å². The SMILES string of the molecule is CCCCCCCC(Oc1ccc(Cl)cc1Cl)C(=O)[O-]. The van der Waals surface area contributed by atoms with Crippen molar-refractivity contribution in [1.29, 1.82) is 0 Å². The van der Waals surface area contributed by atoms with Crippen LogP contribution in [-0.2, 0) is 4.79 Å². The molecule has 0 saturated heterocycles. The molecule has 1 aromatic carbocycles. The summed E-state index contributed by atoms with van der Waals surface area (Å²) in [5.41, 5.74) is 0. The van der Waals surface area contributed by atoms with Crippen molar-refractivity contribution in [2.75, 3.05) is 0 Å². The summed E-state index contributed by atoms with van der Waals surface area (Å²) in [6, 6.07) is 4.69. The number of unbranched alkanes of at least 4 members (excludes halogenated alkanes) is 4. The van der Waals surface area contributed by atoms with E-state index in [1.54, 1.807) is 12.1 Å². The fourth-order valence-corrected chi connectivity index (χ4v) is 2.34. The van der Waals surface area contributed by atoms with E-state index in [4.69, 9.17) is 27.9 Å². The number of carboxylic acid groups (broad SMARTS) is 1. The van der Waals surface area contributed by atoms with E-state index in [1.165, 1.54) is 12.5 Å². The topological polar surface area (TPSA) is 49.4 Å². The van der Waals surface area contributed by atoms with Crippen molar-refractivity contribution in [2.45, 2.75) is 51.6 Å². The van der Waals surface area contributed by atoms with Gasteiger partial charge < -0.3 is 14.6 Å². The zero-order valence-corrected chi connectivity index (χ0v) is 13.0. The van der Waals surface area contributed by atoms with Gasteiger partial charge in [-0.1, -0.05) is 55.8 Å². The van der Waals surface area contributed by atoms with E-state index in [9.17, 15) is 9.90 Å². The van der Waals surface area contributed by atoms with Gasteiger partial charge in [0.25, 0.3) is 0 Å². The Hall–Kier alpha value is -0.930. The maximum atomic E-state index is 11.1. The third kappa shape index (κ3) is 6.02. The van der Waals surface area contributed by atoms with Gasteiger partial charge in [-0.25, -0.2) is 0 Å². The molecule has 5 heteroatoms. The molecule has 0 fully saturated rings. The number of carboxylic acids is 1. The lowest BCUT2D eigenvalue weighted by Gasteiger charge is -2.20. The first-order chi connectivity index (χ1) is 9.54. The van der Waals surface area contributed by atoms with Crippen molar-refractivity contribution < 1.29 is 14.6 Å². The number of carbonyl (C=O) groups is 1. The summed E-state index contributed by atoms with van der Waals surface area (Å²) < 4.78 is 5.42. The molecule has 0 radical (unpaired) electrons. The van der Waals surface area contributed by atoms with Crippen molar-refractivity contribution >= 4 is 29.2 Å². The van der Waals surface area contributed by atoms with Crippen LogP contribution in [0.2, 0.25) is 10.0 Å². The number of hydrogen-bond donors (Lipinski definition) is 0. The molecule has 0 aliphatic carbocycles. The van der Waals surface area contributed by atoms with Gasteiger partial charge in [-0.3, -0.25) is 0 Å². The molecular weight excluding hydrogens is 299 g/mol. The maximum absolute atomic E-state index is 11.1. The molecule has 20 heavy (non-hydrogen) atoms. The van der Waals surface area contributed by atoms with Crippen LogP contribution in [-0.4, -0.2) is 12.1 Å². The smallest absolute Gasteiger partial charge is 0.139 e. The van der Waals surface area contributed by atoms with Crippen LogP contribution < -0.4 is 9.84 Å². The second kappa shape index (κ2) is 9.09. The fraction of sp³-hybridized carbons (Fsp3) is 0.533. The second-order valence-corrected chi connectivity index (χ2v) is 5.55. The third-order valence-electron chi connectivity index (χ3n) is 3.00. The third-order valence-corrected chi connectivity index (χ3v) is 3.53. The molecule has 0 saturated carbocycles. The van der Waals surface area contributed by atoms with Crippen molar-refractivity contribution in [3.63, 3.8) is 0 Å². The Kier molecular flexibility index (Phi) is 7.78. The summed E-state index contributed by atoms with van der Waals surface area (Å²) in [4.78, 5) is 11.1. The number of halogens is 2. The number of hydrogen-bond acceptors (Lipinski definition) is 3. The molecule has 0 bridgehead atoms. The maximum Gasteiger partial charge on any atom is 0.139 e. The molecule has 0 spiro atoms. The Morgan fingerprint density at radius 3 is 2.55 bits per heavy atom. The normalized spacial score (nSPS) is 12.2. The Labute approximate surface area is 129 Å². The number of rotatable bonds is 9. The number of aliphatic carboxylic acids is 1. The Bertz CT molecular complexity index is 435. The standard InChI is InChI=1S/C15H20Cl2O3/c1-2-3-4-5-6-7-14(15(18)19)20-13-9-8-11(16)10-12(13)17/h8-10,14H,2-7H2,1H3,(H,18,19)/p-1. The molecule has 0 N–H and O–H groups in total. The molecule has 1 rings (SSSR count). The van der Waals surface area contributed by atoms with E-state index >= 15 is 0 Å². The van der Waals surface area contributed by atoms with E-state index in [0.717, 1.165) is 25.7 Å². The largest absolute Gasteiger partial charge is 0.546 e. The van der Waals surface area contributed by atoms with Crippen LogP contribution in [0.3, 0.4) is 0 Å². The average Bonchev–Trinajstić information content (AvgIpc) is 2.39. The van der Waals surface area contributed by atoms with Crippen molar-refractivity contribution in [1.82, 2.24) is 0 Å². The molecule has 3 nitrogen and oxygen atoms in total. The molecule has 1 aromatic rings. The first-order valence-electron chi connectivity index (χ1n) is 6.87. The summed E-state index contributed by atoms with van der Waals surface area (Å²) in [6.45, 7) is 2.13. The van der Waals surface area contributed by atoms with Crippen molar-refractivity contribution in [3.05, 3.63) is 28.2 Å². The Balaban J connectivity index is 2.52. The highest BCUT2D eigenvalue weighted by molar-refractivity contribution is 6.35. The highest BCUT2D eigenvalue weighted by Gasteiger charge is 2.13. The average molecular weight is 318 g/mol. The first-order valence-corrected chi connectivity index (χ1v) is 7.62. The van der Waals surface area contributed by atoms with Gasteiger partial charge in [-0.05, 0) is 31.0 Å². The minimum atomic E-state index is -1.22. The highest BCUT2D eigenvalue weighted by Crippen LogP contribution is 2.29. The summed E-state index contributed by atoms with van der Waals surface area (Å²) >= 11 is 11.7. The van der Waals surface area contributed by atoms with Gasteiger partial charge in [0.1, 0.15) is 11.9 Å². The fourth-order valence-electron chi connectivity index (χ4n) is 1.88. The monoisotopic (exact) mass is 317 g/mol. The Morgan fingerprint density at radius 2 is 1.95 bits per heavy atom. The highest BCUT2D eigenvalue weighted by atomic mass is 35.5. The number of ether oxygens (including phenoxy) is 1. The predicted octanol–water partition coefficient (Wildman–Crippen LogP) is 3.85. The zero-order chi connectivity index (χ0) is 15.0. The summed E-state index contributed by atoms with van der Waals surface area (Å²) in [6.07, 6.45) is 4.67. The quantitative estimate of drug-likeness (QED) is 0.650. The van der Waals surface area contributed by atoms with Gasteiger partial charge in [-0.15, -0.1) is 0 Å². The molecule has 0 aliphatic rings. The minimum Gasteiger partial charge on any atom is -0.546 e. The van der Waals surface area contributed by atoms with Gasteiger partial charge in [0, 0.05) is 5.02 Å². The first kappa shape index (κ1) is 17.1. The minimum absolute atomic E-state index is 0.301. The van der Waals surface area contributed by atoms with E-state index in [2.05, 4.69) is 6.92 Å². The molecule has 0 aliphatic heterocycles. The summed E-state index contributed by atoms with van der Waals surface area (Å²) in [5.74, 6) is -0.898. The molecule has 112 valence electrons. The van der Waals surface area contributed by atoms with Gasteiger partial charge >= 0.3 is 0 Å². The molecule has 1 unspecified atom stereocenters. The number of benzene rings is 1. The lowest BCUT2D eigenvalue weighted by atomic mass is 10.1. The molecule has 0 amide bonds. The van der Waals surface area contributed by atoms with E-state index in [-0.39, 0.29) is 0 Å². The van der Waals surface area contributed by atoms with Crippen LogP contribution in [0.25, 0.3) is 0 Å². The van der Waals surface area contributed by atoms with Gasteiger partial charge in [-0.2, -0.15) is 0 Å².